The highest BCUT2D eigenvalue weighted by atomic mass is 79.9. The molecule has 1 unspecified atom stereocenters. The summed E-state index contributed by atoms with van der Waals surface area (Å²) in [4.78, 5) is 17.1. The van der Waals surface area contributed by atoms with E-state index in [0.717, 1.165) is 24.1 Å². The summed E-state index contributed by atoms with van der Waals surface area (Å²) in [5.74, 6) is 0.0104. The zero-order valence-electron chi connectivity index (χ0n) is 12.9. The van der Waals surface area contributed by atoms with E-state index < -0.39 is 6.10 Å². The van der Waals surface area contributed by atoms with E-state index >= 15 is 0 Å². The van der Waals surface area contributed by atoms with Gasteiger partial charge in [0.05, 0.1) is 23.8 Å². The molecule has 2 rings (SSSR count). The Morgan fingerprint density at radius 3 is 3.00 bits per heavy atom. The zero-order chi connectivity index (χ0) is 15.4. The number of ketones is 1. The number of Topliss-reactive ketones (excluding diaryl/α,β-unsaturated/α-hetero) is 1. The van der Waals surface area contributed by atoms with Crippen LogP contribution >= 0.6 is 15.9 Å². The molecule has 1 aliphatic heterocycles. The van der Waals surface area contributed by atoms with Gasteiger partial charge in [-0.05, 0) is 36.6 Å². The van der Waals surface area contributed by atoms with Gasteiger partial charge in [-0.2, -0.15) is 5.10 Å². The number of nitrogens with zero attached hydrogens (tertiary/aromatic N) is 4. The van der Waals surface area contributed by atoms with Crippen molar-refractivity contribution >= 4 is 21.7 Å². The van der Waals surface area contributed by atoms with Gasteiger partial charge in [-0.1, -0.05) is 6.92 Å². The minimum absolute atomic E-state index is 0.0104. The van der Waals surface area contributed by atoms with Crippen molar-refractivity contribution in [3.8, 4) is 0 Å². The van der Waals surface area contributed by atoms with Crippen LogP contribution in [0.1, 0.15) is 17.4 Å². The van der Waals surface area contributed by atoms with Gasteiger partial charge in [0.1, 0.15) is 11.8 Å². The summed E-state index contributed by atoms with van der Waals surface area (Å²) >= 11 is 3.44. The highest BCUT2D eigenvalue weighted by Gasteiger charge is 2.30. The molecule has 0 spiro atoms. The van der Waals surface area contributed by atoms with Crippen LogP contribution in [0.4, 0.5) is 0 Å². The van der Waals surface area contributed by atoms with E-state index in [1.807, 2.05) is 14.1 Å². The van der Waals surface area contributed by atoms with E-state index in [1.165, 1.54) is 0 Å². The summed E-state index contributed by atoms with van der Waals surface area (Å²) in [7, 11) is 4.01. The van der Waals surface area contributed by atoms with Crippen molar-refractivity contribution in [3.05, 3.63) is 16.4 Å². The standard InChI is InChI=1S/C14H23BrN4O2/c1-4-18-7-8-21-12(10-18)14(20)13-11(15)9-16-19(13)6-5-17(2)3/h9,12H,4-8,10H2,1-3H3. The summed E-state index contributed by atoms with van der Waals surface area (Å²) in [6.45, 7) is 6.71. The number of likely N-dealkylation sites (N-methyl/N-ethyl adjacent to an activating group) is 2. The first-order valence-corrected chi connectivity index (χ1v) is 8.06. The minimum Gasteiger partial charge on any atom is -0.367 e. The molecule has 0 aliphatic carbocycles. The Labute approximate surface area is 134 Å². The first kappa shape index (κ1) is 16.6. The molecule has 2 heterocycles. The van der Waals surface area contributed by atoms with Gasteiger partial charge in [-0.3, -0.25) is 14.4 Å². The van der Waals surface area contributed by atoms with Crippen LogP contribution in [0.25, 0.3) is 0 Å². The van der Waals surface area contributed by atoms with Crippen molar-refractivity contribution in [3.63, 3.8) is 0 Å². The summed E-state index contributed by atoms with van der Waals surface area (Å²) < 4.78 is 8.17. The van der Waals surface area contributed by atoms with Crippen LogP contribution in [0.3, 0.4) is 0 Å². The molecule has 1 aromatic heterocycles. The van der Waals surface area contributed by atoms with Gasteiger partial charge >= 0.3 is 0 Å². The van der Waals surface area contributed by atoms with Crippen LogP contribution < -0.4 is 0 Å². The molecule has 0 N–H and O–H groups in total. The highest BCUT2D eigenvalue weighted by Crippen LogP contribution is 2.20. The maximum Gasteiger partial charge on any atom is 0.211 e. The second-order valence-corrected chi connectivity index (χ2v) is 6.34. The molecule has 0 bridgehead atoms. The molecule has 0 radical (unpaired) electrons. The van der Waals surface area contributed by atoms with E-state index in [1.54, 1.807) is 10.9 Å². The number of halogens is 1. The molecular formula is C14H23BrN4O2. The lowest BCUT2D eigenvalue weighted by Crippen LogP contribution is -2.46. The molecule has 1 aliphatic rings. The predicted octanol–water partition coefficient (Wildman–Crippen LogP) is 1.11. The third-order valence-electron chi connectivity index (χ3n) is 3.68. The van der Waals surface area contributed by atoms with E-state index in [2.05, 4.69) is 37.8 Å². The van der Waals surface area contributed by atoms with E-state index in [0.29, 0.717) is 25.4 Å². The molecule has 0 amide bonds. The Morgan fingerprint density at radius 1 is 1.57 bits per heavy atom. The fraction of sp³-hybridized carbons (Fsp3) is 0.714. The van der Waals surface area contributed by atoms with Crippen molar-refractivity contribution in [2.45, 2.75) is 19.6 Å². The van der Waals surface area contributed by atoms with Crippen LogP contribution in [-0.2, 0) is 11.3 Å². The second-order valence-electron chi connectivity index (χ2n) is 5.48. The number of carbonyl (C=O) groups excluding carboxylic acids is 1. The van der Waals surface area contributed by atoms with Gasteiger partial charge in [-0.25, -0.2) is 0 Å². The molecular weight excluding hydrogens is 336 g/mol. The van der Waals surface area contributed by atoms with Crippen LogP contribution in [0.2, 0.25) is 0 Å². The van der Waals surface area contributed by atoms with Gasteiger partial charge in [0.25, 0.3) is 0 Å². The lowest BCUT2D eigenvalue weighted by atomic mass is 10.1. The quantitative estimate of drug-likeness (QED) is 0.713. The number of morpholine rings is 1. The molecule has 0 saturated carbocycles. The number of ether oxygens (including phenoxy) is 1. The van der Waals surface area contributed by atoms with E-state index in [4.69, 9.17) is 4.74 Å². The van der Waals surface area contributed by atoms with Gasteiger partial charge in [0.2, 0.25) is 5.78 Å². The van der Waals surface area contributed by atoms with Crippen molar-refractivity contribution < 1.29 is 9.53 Å². The molecule has 1 aromatic rings. The van der Waals surface area contributed by atoms with Crippen molar-refractivity contribution in [1.29, 1.82) is 0 Å². The zero-order valence-corrected chi connectivity index (χ0v) is 14.5. The molecule has 1 saturated heterocycles. The van der Waals surface area contributed by atoms with Crippen molar-refractivity contribution in [2.75, 3.05) is 46.9 Å². The average molecular weight is 359 g/mol. The third-order valence-corrected chi connectivity index (χ3v) is 4.26. The number of carbonyl (C=O) groups is 1. The van der Waals surface area contributed by atoms with Crippen LogP contribution in [-0.4, -0.2) is 78.3 Å². The molecule has 21 heavy (non-hydrogen) atoms. The normalized spacial score (nSPS) is 20.1. The van der Waals surface area contributed by atoms with Gasteiger partial charge in [-0.15, -0.1) is 0 Å². The molecule has 7 heteroatoms. The average Bonchev–Trinajstić information content (AvgIpc) is 2.85. The third kappa shape index (κ3) is 4.12. The Kier molecular flexibility index (Phi) is 5.92. The molecule has 6 nitrogen and oxygen atoms in total. The maximum absolute atomic E-state index is 12.8. The fourth-order valence-electron chi connectivity index (χ4n) is 2.37. The topological polar surface area (TPSA) is 50.6 Å². The molecule has 0 aromatic carbocycles. The van der Waals surface area contributed by atoms with Crippen LogP contribution in [0.15, 0.2) is 10.7 Å². The Morgan fingerprint density at radius 2 is 2.33 bits per heavy atom. The largest absolute Gasteiger partial charge is 0.367 e. The monoisotopic (exact) mass is 358 g/mol. The molecule has 1 fully saturated rings. The minimum atomic E-state index is -0.398. The van der Waals surface area contributed by atoms with E-state index in [-0.39, 0.29) is 5.78 Å². The van der Waals surface area contributed by atoms with Gasteiger partial charge in [0, 0.05) is 19.6 Å². The maximum atomic E-state index is 12.8. The summed E-state index contributed by atoms with van der Waals surface area (Å²) in [6, 6.07) is 0. The Balaban J connectivity index is 2.12. The summed E-state index contributed by atoms with van der Waals surface area (Å²) in [5, 5.41) is 4.30. The first-order valence-electron chi connectivity index (χ1n) is 7.27. The fourth-order valence-corrected chi connectivity index (χ4v) is 2.86. The Hall–Kier alpha value is -0.760. The summed E-state index contributed by atoms with van der Waals surface area (Å²) in [5.41, 5.74) is 0.611. The van der Waals surface area contributed by atoms with Crippen LogP contribution in [0.5, 0.6) is 0 Å². The van der Waals surface area contributed by atoms with Crippen molar-refractivity contribution in [2.24, 2.45) is 0 Å². The first-order chi connectivity index (χ1) is 10.0. The summed E-state index contributed by atoms with van der Waals surface area (Å²) in [6.07, 6.45) is 1.29. The Bertz CT molecular complexity index is 489. The lowest BCUT2D eigenvalue weighted by molar-refractivity contribution is -0.0154. The SMILES string of the molecule is CCN1CCOC(C(=O)c2c(Br)cnn2CCN(C)C)C1. The second kappa shape index (κ2) is 7.49. The number of aromatic nitrogens is 2. The molecule has 1 atom stereocenters. The smallest absolute Gasteiger partial charge is 0.211 e. The van der Waals surface area contributed by atoms with Gasteiger partial charge < -0.3 is 9.64 Å². The van der Waals surface area contributed by atoms with Gasteiger partial charge in [0.15, 0.2) is 0 Å². The number of rotatable bonds is 6. The molecule has 118 valence electrons. The van der Waals surface area contributed by atoms with Crippen molar-refractivity contribution in [1.82, 2.24) is 19.6 Å². The number of hydrogen-bond donors (Lipinski definition) is 0. The van der Waals surface area contributed by atoms with Crippen LogP contribution in [0, 0.1) is 0 Å². The van der Waals surface area contributed by atoms with E-state index in [9.17, 15) is 4.79 Å². The number of hydrogen-bond acceptors (Lipinski definition) is 5. The highest BCUT2D eigenvalue weighted by molar-refractivity contribution is 9.10. The predicted molar refractivity (Wildman–Crippen MR) is 84.7 cm³/mol. The lowest BCUT2D eigenvalue weighted by Gasteiger charge is -2.31.